The second-order valence-electron chi connectivity index (χ2n) is 3.57. The van der Waals surface area contributed by atoms with Gasteiger partial charge < -0.3 is 10.5 Å². The fourth-order valence-electron chi connectivity index (χ4n) is 1.99. The quantitative estimate of drug-likeness (QED) is 0.657. The standard InChI is InChI=1S/C9H19NO/c1-3-4-9(5-6-9)8(7-10)11-2/h8H,3-7,10H2,1-2H3. The van der Waals surface area contributed by atoms with Crippen LogP contribution in [0.1, 0.15) is 32.6 Å². The topological polar surface area (TPSA) is 35.2 Å². The molecule has 0 spiro atoms. The Morgan fingerprint density at radius 1 is 1.55 bits per heavy atom. The molecule has 0 heterocycles. The van der Waals surface area contributed by atoms with Gasteiger partial charge in [0.2, 0.25) is 0 Å². The van der Waals surface area contributed by atoms with Crippen molar-refractivity contribution in [3.8, 4) is 0 Å². The van der Waals surface area contributed by atoms with E-state index in [9.17, 15) is 0 Å². The van der Waals surface area contributed by atoms with E-state index in [-0.39, 0.29) is 0 Å². The van der Waals surface area contributed by atoms with Gasteiger partial charge in [-0.2, -0.15) is 0 Å². The van der Waals surface area contributed by atoms with Crippen molar-refractivity contribution >= 4 is 0 Å². The van der Waals surface area contributed by atoms with Crippen LogP contribution in [0.15, 0.2) is 0 Å². The van der Waals surface area contributed by atoms with E-state index in [4.69, 9.17) is 10.5 Å². The highest BCUT2D eigenvalue weighted by molar-refractivity contribution is 4.99. The lowest BCUT2D eigenvalue weighted by molar-refractivity contribution is 0.0424. The van der Waals surface area contributed by atoms with Crippen LogP contribution in [0, 0.1) is 5.41 Å². The molecule has 0 aromatic rings. The molecule has 1 unspecified atom stereocenters. The molecule has 0 aromatic heterocycles. The molecule has 1 aliphatic carbocycles. The second-order valence-corrected chi connectivity index (χ2v) is 3.57. The van der Waals surface area contributed by atoms with Crippen LogP contribution in [0.4, 0.5) is 0 Å². The summed E-state index contributed by atoms with van der Waals surface area (Å²) in [6.07, 6.45) is 5.47. The highest BCUT2D eigenvalue weighted by atomic mass is 16.5. The molecule has 1 saturated carbocycles. The summed E-state index contributed by atoms with van der Waals surface area (Å²) >= 11 is 0. The summed E-state index contributed by atoms with van der Waals surface area (Å²) in [6.45, 7) is 2.90. The van der Waals surface area contributed by atoms with Gasteiger partial charge in [-0.05, 0) is 24.7 Å². The van der Waals surface area contributed by atoms with Gasteiger partial charge in [0.05, 0.1) is 6.10 Å². The lowest BCUT2D eigenvalue weighted by Crippen LogP contribution is -2.32. The van der Waals surface area contributed by atoms with E-state index in [1.54, 1.807) is 7.11 Å². The van der Waals surface area contributed by atoms with Crippen LogP contribution in [-0.2, 0) is 4.74 Å². The third-order valence-corrected chi connectivity index (χ3v) is 2.82. The number of rotatable bonds is 5. The van der Waals surface area contributed by atoms with E-state index in [0.29, 0.717) is 18.1 Å². The van der Waals surface area contributed by atoms with Gasteiger partial charge in [-0.1, -0.05) is 13.3 Å². The molecule has 0 amide bonds. The molecule has 0 aromatic carbocycles. The molecule has 1 aliphatic rings. The van der Waals surface area contributed by atoms with Crippen LogP contribution < -0.4 is 5.73 Å². The van der Waals surface area contributed by atoms with E-state index in [1.807, 2.05) is 0 Å². The molecule has 0 aliphatic heterocycles. The van der Waals surface area contributed by atoms with Gasteiger partial charge in [0.1, 0.15) is 0 Å². The molecular formula is C9H19NO. The Balaban J connectivity index is 2.41. The van der Waals surface area contributed by atoms with Crippen molar-refractivity contribution in [3.05, 3.63) is 0 Å². The van der Waals surface area contributed by atoms with E-state index in [2.05, 4.69) is 6.92 Å². The van der Waals surface area contributed by atoms with Gasteiger partial charge in [-0.25, -0.2) is 0 Å². The summed E-state index contributed by atoms with van der Waals surface area (Å²) in [5.74, 6) is 0. The first-order valence-corrected chi connectivity index (χ1v) is 4.52. The summed E-state index contributed by atoms with van der Waals surface area (Å²) < 4.78 is 5.35. The summed E-state index contributed by atoms with van der Waals surface area (Å²) in [5, 5.41) is 0. The Bertz CT molecular complexity index is 117. The lowest BCUT2D eigenvalue weighted by atomic mass is 9.93. The van der Waals surface area contributed by atoms with Gasteiger partial charge in [0, 0.05) is 13.7 Å². The van der Waals surface area contributed by atoms with Crippen molar-refractivity contribution in [1.82, 2.24) is 0 Å². The normalized spacial score (nSPS) is 23.2. The van der Waals surface area contributed by atoms with Crippen LogP contribution in [0.2, 0.25) is 0 Å². The van der Waals surface area contributed by atoms with Gasteiger partial charge in [0.15, 0.2) is 0 Å². The molecule has 2 N–H and O–H groups in total. The second kappa shape index (κ2) is 3.55. The molecule has 2 heteroatoms. The van der Waals surface area contributed by atoms with Crippen molar-refractivity contribution in [2.45, 2.75) is 38.7 Å². The highest BCUT2D eigenvalue weighted by Crippen LogP contribution is 2.53. The number of hydrogen-bond acceptors (Lipinski definition) is 2. The first kappa shape index (κ1) is 9.01. The SMILES string of the molecule is CCCC1(C(CN)OC)CC1. The van der Waals surface area contributed by atoms with Gasteiger partial charge in [-0.15, -0.1) is 0 Å². The smallest absolute Gasteiger partial charge is 0.0749 e. The Kier molecular flexibility index (Phi) is 2.90. The van der Waals surface area contributed by atoms with E-state index >= 15 is 0 Å². The van der Waals surface area contributed by atoms with E-state index in [0.717, 1.165) is 0 Å². The highest BCUT2D eigenvalue weighted by Gasteiger charge is 2.47. The summed E-state index contributed by atoms with van der Waals surface area (Å²) in [5.41, 5.74) is 6.09. The van der Waals surface area contributed by atoms with Gasteiger partial charge in [0.25, 0.3) is 0 Å². The zero-order valence-corrected chi connectivity index (χ0v) is 7.60. The first-order valence-electron chi connectivity index (χ1n) is 4.52. The van der Waals surface area contributed by atoms with Crippen LogP contribution >= 0.6 is 0 Å². The third kappa shape index (κ3) is 1.74. The lowest BCUT2D eigenvalue weighted by Gasteiger charge is -2.23. The zero-order chi connectivity index (χ0) is 8.32. The summed E-state index contributed by atoms with van der Waals surface area (Å²) in [7, 11) is 1.77. The molecule has 1 fully saturated rings. The maximum absolute atomic E-state index is 5.61. The fourth-order valence-corrected chi connectivity index (χ4v) is 1.99. The molecular weight excluding hydrogens is 138 g/mol. The van der Waals surface area contributed by atoms with Crippen molar-refractivity contribution < 1.29 is 4.74 Å². The van der Waals surface area contributed by atoms with Crippen molar-refractivity contribution in [2.24, 2.45) is 11.1 Å². The average Bonchev–Trinajstić information content (AvgIpc) is 2.73. The molecule has 0 saturated heterocycles. The van der Waals surface area contributed by atoms with Crippen molar-refractivity contribution in [1.29, 1.82) is 0 Å². The number of hydrogen-bond donors (Lipinski definition) is 1. The van der Waals surface area contributed by atoms with Crippen LogP contribution in [0.3, 0.4) is 0 Å². The molecule has 66 valence electrons. The Labute approximate surface area is 69.1 Å². The number of ether oxygens (including phenoxy) is 1. The van der Waals surface area contributed by atoms with Crippen molar-refractivity contribution in [2.75, 3.05) is 13.7 Å². The molecule has 0 bridgehead atoms. The Morgan fingerprint density at radius 3 is 2.45 bits per heavy atom. The predicted molar refractivity (Wildman–Crippen MR) is 46.4 cm³/mol. The minimum atomic E-state index is 0.308. The van der Waals surface area contributed by atoms with E-state index in [1.165, 1.54) is 25.7 Å². The van der Waals surface area contributed by atoms with Crippen LogP contribution in [-0.4, -0.2) is 19.8 Å². The van der Waals surface area contributed by atoms with Crippen LogP contribution in [0.25, 0.3) is 0 Å². The zero-order valence-electron chi connectivity index (χ0n) is 7.60. The number of nitrogens with two attached hydrogens (primary N) is 1. The maximum atomic E-state index is 5.61. The average molecular weight is 157 g/mol. The fraction of sp³-hybridized carbons (Fsp3) is 1.00. The maximum Gasteiger partial charge on any atom is 0.0749 e. The molecule has 11 heavy (non-hydrogen) atoms. The van der Waals surface area contributed by atoms with Gasteiger partial charge in [-0.3, -0.25) is 0 Å². The Hall–Kier alpha value is -0.0800. The van der Waals surface area contributed by atoms with E-state index < -0.39 is 0 Å². The monoisotopic (exact) mass is 157 g/mol. The largest absolute Gasteiger partial charge is 0.380 e. The minimum absolute atomic E-state index is 0.308. The first-order chi connectivity index (χ1) is 5.29. The van der Waals surface area contributed by atoms with Crippen molar-refractivity contribution in [3.63, 3.8) is 0 Å². The summed E-state index contributed by atoms with van der Waals surface area (Å²) in [4.78, 5) is 0. The molecule has 1 rings (SSSR count). The Morgan fingerprint density at radius 2 is 2.18 bits per heavy atom. The molecule has 0 radical (unpaired) electrons. The third-order valence-electron chi connectivity index (χ3n) is 2.82. The predicted octanol–water partition coefficient (Wildman–Crippen LogP) is 1.54. The molecule has 2 nitrogen and oxygen atoms in total. The molecule has 1 atom stereocenters. The number of methoxy groups -OCH3 is 1. The van der Waals surface area contributed by atoms with Gasteiger partial charge >= 0.3 is 0 Å². The summed E-state index contributed by atoms with van der Waals surface area (Å²) in [6, 6.07) is 0. The van der Waals surface area contributed by atoms with Crippen LogP contribution in [0.5, 0.6) is 0 Å². The minimum Gasteiger partial charge on any atom is -0.380 e.